The molecular weight excluding hydrogens is 482 g/mol. The molecule has 6 nitrogen and oxygen atoms in total. The molecule has 2 aromatic heterocycles. The molecule has 1 amide bonds. The normalized spacial score (nSPS) is 15.4. The fourth-order valence-electron chi connectivity index (χ4n) is 5.90. The number of nitrogens with one attached hydrogen (secondary N) is 1. The number of fused-ring (bicyclic) bond motifs is 4. The average Bonchev–Trinajstić information content (AvgIpc) is 3.57. The molecule has 2 aliphatic rings. The van der Waals surface area contributed by atoms with Crippen LogP contribution < -0.4 is 10.9 Å². The van der Waals surface area contributed by atoms with Gasteiger partial charge in [-0.05, 0) is 61.6 Å². The molecule has 0 radical (unpaired) electrons. The van der Waals surface area contributed by atoms with E-state index in [-0.39, 0.29) is 29.2 Å². The van der Waals surface area contributed by atoms with E-state index in [1.54, 1.807) is 10.8 Å². The Morgan fingerprint density at radius 1 is 1.11 bits per heavy atom. The van der Waals surface area contributed by atoms with Crippen molar-refractivity contribution in [1.82, 2.24) is 9.55 Å². The molecule has 2 aromatic carbocycles. The lowest BCUT2D eigenvalue weighted by atomic mass is 9.68. The number of benzene rings is 2. The molecule has 1 N–H and O–H groups in total. The van der Waals surface area contributed by atoms with Crippen molar-refractivity contribution in [3.05, 3.63) is 99.7 Å². The van der Waals surface area contributed by atoms with Crippen LogP contribution in [0.3, 0.4) is 0 Å². The fourth-order valence-corrected chi connectivity index (χ4v) is 6.69. The molecule has 188 valence electrons. The van der Waals surface area contributed by atoms with E-state index in [0.717, 1.165) is 60.2 Å². The molecule has 0 aliphatic heterocycles. The molecule has 37 heavy (non-hydrogen) atoms. The lowest BCUT2D eigenvalue weighted by Gasteiger charge is -2.36. The molecule has 1 saturated carbocycles. The standard InChI is InChI=1S/C30H29N3O3S/c1-20-8-6-10-22(16-20)31-25(34)19-37-29-32-27-24-12-3-2-9-21(24)17-30(13-4-5-14-30)26(27)28(35)33(29)18-23-11-7-15-36-23/h2-3,6-12,15-16H,4-5,13-14,17-19H2,1H3,(H,31,34). The molecule has 2 heterocycles. The zero-order valence-electron chi connectivity index (χ0n) is 20.8. The largest absolute Gasteiger partial charge is 0.467 e. The zero-order chi connectivity index (χ0) is 25.4. The Kier molecular flexibility index (Phi) is 6.24. The van der Waals surface area contributed by atoms with Gasteiger partial charge in [0.1, 0.15) is 5.76 Å². The van der Waals surface area contributed by atoms with Crippen LogP contribution in [0, 0.1) is 6.92 Å². The highest BCUT2D eigenvalue weighted by Crippen LogP contribution is 2.50. The Bertz CT molecular complexity index is 1520. The molecule has 0 bridgehead atoms. The first-order valence-electron chi connectivity index (χ1n) is 12.8. The maximum absolute atomic E-state index is 14.3. The summed E-state index contributed by atoms with van der Waals surface area (Å²) in [5, 5.41) is 3.49. The predicted octanol–water partition coefficient (Wildman–Crippen LogP) is 5.96. The summed E-state index contributed by atoms with van der Waals surface area (Å²) in [5.74, 6) is 0.691. The Morgan fingerprint density at radius 2 is 1.95 bits per heavy atom. The fraction of sp³-hybridized carbons (Fsp3) is 0.300. The minimum Gasteiger partial charge on any atom is -0.467 e. The molecule has 6 rings (SSSR count). The van der Waals surface area contributed by atoms with Crippen LogP contribution in [-0.4, -0.2) is 21.2 Å². The van der Waals surface area contributed by atoms with E-state index in [1.807, 2.05) is 49.4 Å². The van der Waals surface area contributed by atoms with Gasteiger partial charge >= 0.3 is 0 Å². The van der Waals surface area contributed by atoms with Crippen molar-refractivity contribution >= 4 is 23.4 Å². The van der Waals surface area contributed by atoms with Crippen molar-refractivity contribution in [3.8, 4) is 11.3 Å². The summed E-state index contributed by atoms with van der Waals surface area (Å²) in [7, 11) is 0. The monoisotopic (exact) mass is 511 g/mol. The van der Waals surface area contributed by atoms with Gasteiger partial charge in [-0.15, -0.1) is 0 Å². The van der Waals surface area contributed by atoms with Crippen LogP contribution in [0.15, 0.2) is 81.3 Å². The second-order valence-electron chi connectivity index (χ2n) is 10.1. The quantitative estimate of drug-likeness (QED) is 0.255. The maximum Gasteiger partial charge on any atom is 0.258 e. The predicted molar refractivity (Wildman–Crippen MR) is 146 cm³/mol. The van der Waals surface area contributed by atoms with Crippen LogP contribution in [0.5, 0.6) is 0 Å². The van der Waals surface area contributed by atoms with Gasteiger partial charge in [0.05, 0.1) is 29.8 Å². The Balaban J connectivity index is 1.41. The van der Waals surface area contributed by atoms with Gasteiger partial charge in [0.15, 0.2) is 5.16 Å². The first-order valence-corrected chi connectivity index (χ1v) is 13.8. The average molecular weight is 512 g/mol. The minimum atomic E-state index is -0.176. The van der Waals surface area contributed by atoms with Crippen molar-refractivity contribution in [2.45, 2.75) is 56.1 Å². The molecule has 4 aromatic rings. The van der Waals surface area contributed by atoms with Gasteiger partial charge < -0.3 is 9.73 Å². The van der Waals surface area contributed by atoms with Gasteiger partial charge in [0.2, 0.25) is 5.91 Å². The van der Waals surface area contributed by atoms with Crippen LogP contribution in [0.25, 0.3) is 11.3 Å². The summed E-state index contributed by atoms with van der Waals surface area (Å²) in [6, 6.07) is 19.7. The number of furan rings is 1. The molecule has 1 fully saturated rings. The summed E-state index contributed by atoms with van der Waals surface area (Å²) in [6.45, 7) is 2.27. The highest BCUT2D eigenvalue weighted by Gasteiger charge is 2.44. The molecule has 0 saturated heterocycles. The zero-order valence-corrected chi connectivity index (χ0v) is 21.6. The minimum absolute atomic E-state index is 0.0144. The van der Waals surface area contributed by atoms with Gasteiger partial charge in [-0.25, -0.2) is 4.98 Å². The molecular formula is C30H29N3O3S. The van der Waals surface area contributed by atoms with Crippen molar-refractivity contribution in [1.29, 1.82) is 0 Å². The summed E-state index contributed by atoms with van der Waals surface area (Å²) < 4.78 is 7.31. The van der Waals surface area contributed by atoms with Crippen molar-refractivity contribution in [2.24, 2.45) is 0 Å². The number of thioether (sulfide) groups is 1. The lowest BCUT2D eigenvalue weighted by molar-refractivity contribution is -0.113. The number of aryl methyl sites for hydroxylation is 1. The Morgan fingerprint density at radius 3 is 2.73 bits per heavy atom. The van der Waals surface area contributed by atoms with Crippen LogP contribution in [0.1, 0.15) is 48.1 Å². The second-order valence-corrected chi connectivity index (χ2v) is 11.1. The molecule has 1 spiro atoms. The van der Waals surface area contributed by atoms with E-state index >= 15 is 0 Å². The first-order chi connectivity index (χ1) is 18.0. The number of rotatable bonds is 6. The number of hydrogen-bond donors (Lipinski definition) is 1. The number of hydrogen-bond acceptors (Lipinski definition) is 5. The van der Waals surface area contributed by atoms with Gasteiger partial charge in [-0.2, -0.15) is 0 Å². The van der Waals surface area contributed by atoms with Gasteiger partial charge in [0.25, 0.3) is 5.56 Å². The summed E-state index contributed by atoms with van der Waals surface area (Å²) >= 11 is 1.29. The van der Waals surface area contributed by atoms with E-state index in [2.05, 4.69) is 23.5 Å². The number of carbonyl (C=O) groups is 1. The number of amides is 1. The van der Waals surface area contributed by atoms with Crippen LogP contribution in [-0.2, 0) is 23.2 Å². The Hall–Kier alpha value is -3.58. The summed E-state index contributed by atoms with van der Waals surface area (Å²) in [5.41, 5.74) is 5.55. The van der Waals surface area contributed by atoms with Crippen LogP contribution in [0.4, 0.5) is 5.69 Å². The highest BCUT2D eigenvalue weighted by atomic mass is 32.2. The van der Waals surface area contributed by atoms with Gasteiger partial charge in [-0.3, -0.25) is 14.2 Å². The maximum atomic E-state index is 14.3. The summed E-state index contributed by atoms with van der Waals surface area (Å²) in [6.07, 6.45) is 6.72. The highest BCUT2D eigenvalue weighted by molar-refractivity contribution is 7.99. The Labute approximate surface area is 220 Å². The number of nitrogens with zero attached hydrogens (tertiary/aromatic N) is 2. The van der Waals surface area contributed by atoms with Crippen molar-refractivity contribution in [3.63, 3.8) is 0 Å². The van der Waals surface area contributed by atoms with Crippen LogP contribution >= 0.6 is 11.8 Å². The van der Waals surface area contributed by atoms with E-state index in [0.29, 0.717) is 10.9 Å². The van der Waals surface area contributed by atoms with E-state index in [1.165, 1.54) is 17.3 Å². The topological polar surface area (TPSA) is 77.1 Å². The summed E-state index contributed by atoms with van der Waals surface area (Å²) in [4.78, 5) is 32.2. The van der Waals surface area contributed by atoms with Gasteiger partial charge in [0, 0.05) is 16.7 Å². The van der Waals surface area contributed by atoms with E-state index in [9.17, 15) is 9.59 Å². The second kappa shape index (κ2) is 9.71. The third-order valence-electron chi connectivity index (χ3n) is 7.55. The smallest absolute Gasteiger partial charge is 0.258 e. The van der Waals surface area contributed by atoms with Crippen molar-refractivity contribution in [2.75, 3.05) is 11.1 Å². The lowest BCUT2D eigenvalue weighted by Crippen LogP contribution is -2.40. The van der Waals surface area contributed by atoms with Crippen molar-refractivity contribution < 1.29 is 9.21 Å². The third kappa shape index (κ3) is 4.53. The SMILES string of the molecule is Cc1cccc(NC(=O)CSc2nc3c(c(=O)n2Cc2ccco2)C2(CCCC2)Cc2ccccc2-3)c1. The van der Waals surface area contributed by atoms with Crippen LogP contribution in [0.2, 0.25) is 0 Å². The van der Waals surface area contributed by atoms with E-state index < -0.39 is 0 Å². The molecule has 7 heteroatoms. The number of anilines is 1. The van der Waals surface area contributed by atoms with Gasteiger partial charge in [-0.1, -0.05) is 61.0 Å². The molecule has 2 aliphatic carbocycles. The van der Waals surface area contributed by atoms with E-state index in [4.69, 9.17) is 9.40 Å². The number of aromatic nitrogens is 2. The first kappa shape index (κ1) is 23.8. The number of carbonyl (C=O) groups excluding carboxylic acids is 1. The molecule has 0 unspecified atom stereocenters. The third-order valence-corrected chi connectivity index (χ3v) is 8.53. The molecule has 0 atom stereocenters.